The maximum absolute atomic E-state index is 14.4. The van der Waals surface area contributed by atoms with Crippen LogP contribution in [0.1, 0.15) is 44.7 Å². The minimum Gasteiger partial charge on any atom is -0.468 e. The summed E-state index contributed by atoms with van der Waals surface area (Å²) in [5, 5.41) is 0. The Morgan fingerprint density at radius 2 is 1.43 bits per heavy atom. The zero-order valence-electron chi connectivity index (χ0n) is 27.2. The second-order valence-electron chi connectivity index (χ2n) is 11.7. The number of aliphatic imine (C=N–C) groups is 1. The average Bonchev–Trinajstić information content (AvgIpc) is 3.51. The van der Waals surface area contributed by atoms with Crippen LogP contribution in [0.2, 0.25) is 0 Å². The number of esters is 2. The number of carbonyl (C=O) groups is 2. The van der Waals surface area contributed by atoms with Crippen molar-refractivity contribution in [1.29, 1.82) is 0 Å². The minimum absolute atomic E-state index is 0.0165. The number of nitrogens with zero attached hydrogens (tertiary/aromatic N) is 3. The van der Waals surface area contributed by atoms with Crippen LogP contribution in [0.25, 0.3) is 0 Å². The number of thioether (sulfide) groups is 1. The number of anilines is 2. The molecule has 0 unspecified atom stereocenters. The Hall–Kier alpha value is -4.46. The molecule has 14 heteroatoms. The first-order chi connectivity index (χ1) is 23.1. The van der Waals surface area contributed by atoms with Crippen LogP contribution >= 0.6 is 11.8 Å². The Morgan fingerprint density at radius 1 is 0.857 bits per heavy atom. The molecule has 2 aliphatic heterocycles. The molecule has 260 valence electrons. The zero-order chi connectivity index (χ0) is 35.9. The number of para-hydroxylation sites is 1. The van der Waals surface area contributed by atoms with Crippen LogP contribution in [-0.4, -0.2) is 43.4 Å². The van der Waals surface area contributed by atoms with Crippen molar-refractivity contribution < 1.29 is 45.4 Å². The molecule has 7 nitrogen and oxygen atoms in total. The summed E-state index contributed by atoms with van der Waals surface area (Å²) in [7, 11) is 2.36. The smallest absolute Gasteiger partial charge is 0.416 e. The number of ether oxygens (including phenoxy) is 2. The first kappa shape index (κ1) is 35.8. The quantitative estimate of drug-likeness (QED) is 0.138. The highest BCUT2D eigenvalue weighted by atomic mass is 32.2. The van der Waals surface area contributed by atoms with E-state index in [2.05, 4.69) is 0 Å². The molecule has 0 bridgehead atoms. The van der Waals surface area contributed by atoms with Crippen molar-refractivity contribution in [2.24, 2.45) is 10.4 Å². The number of benzene rings is 3. The van der Waals surface area contributed by atoms with E-state index >= 15 is 0 Å². The molecule has 0 aromatic heterocycles. The van der Waals surface area contributed by atoms with Gasteiger partial charge in [-0.3, -0.25) is 9.69 Å². The molecule has 49 heavy (non-hydrogen) atoms. The van der Waals surface area contributed by atoms with Crippen LogP contribution in [0.15, 0.2) is 94.0 Å². The number of hydrogen-bond donors (Lipinski definition) is 0. The number of fused-ring (bicyclic) bond motifs is 1. The third-order valence-electron chi connectivity index (χ3n) is 8.73. The molecule has 1 spiro atoms. The number of rotatable bonds is 7. The monoisotopic (exact) mass is 705 g/mol. The van der Waals surface area contributed by atoms with Crippen LogP contribution in [0.5, 0.6) is 0 Å². The molecular weight excluding hydrogens is 672 g/mol. The molecule has 2 heterocycles. The second kappa shape index (κ2) is 13.1. The van der Waals surface area contributed by atoms with E-state index in [1.165, 1.54) is 49.9 Å². The number of carbonyl (C=O) groups excluding carboxylic acids is 2. The van der Waals surface area contributed by atoms with Crippen molar-refractivity contribution in [1.82, 2.24) is 0 Å². The highest BCUT2D eigenvalue weighted by molar-refractivity contribution is 8.01. The van der Waals surface area contributed by atoms with Crippen LogP contribution in [-0.2, 0) is 31.4 Å². The molecule has 1 saturated heterocycles. The van der Waals surface area contributed by atoms with Gasteiger partial charge in [0.25, 0.3) is 0 Å². The van der Waals surface area contributed by atoms with Gasteiger partial charge in [-0.05, 0) is 80.9 Å². The Morgan fingerprint density at radius 3 is 1.96 bits per heavy atom. The summed E-state index contributed by atoms with van der Waals surface area (Å²) in [5.41, 5.74) is -2.65. The minimum atomic E-state index is -4.66. The van der Waals surface area contributed by atoms with Gasteiger partial charge in [-0.25, -0.2) is 9.79 Å². The van der Waals surface area contributed by atoms with Gasteiger partial charge in [0.2, 0.25) is 0 Å². The number of halogens is 6. The topological polar surface area (TPSA) is 71.4 Å². The number of unbranched alkanes of at least 4 members (excludes halogenated alkanes) is 1. The molecule has 3 aromatic carbocycles. The Balaban J connectivity index is 1.94. The third kappa shape index (κ3) is 5.93. The second-order valence-corrected chi connectivity index (χ2v) is 12.9. The van der Waals surface area contributed by atoms with E-state index in [1.807, 2.05) is 36.1 Å². The Labute approximate surface area is 283 Å². The zero-order valence-corrected chi connectivity index (χ0v) is 28.0. The van der Waals surface area contributed by atoms with Gasteiger partial charge in [-0.1, -0.05) is 37.2 Å². The molecule has 1 fully saturated rings. The summed E-state index contributed by atoms with van der Waals surface area (Å²) < 4.78 is 92.2. The lowest BCUT2D eigenvalue weighted by molar-refractivity contribution is -0.148. The first-order valence-electron chi connectivity index (χ1n) is 15.2. The first-order valence-corrected chi connectivity index (χ1v) is 16.1. The van der Waals surface area contributed by atoms with E-state index in [1.54, 1.807) is 6.92 Å². The molecular formula is C35H33F6N3O4S. The number of methoxy groups -OCH3 is 2. The summed E-state index contributed by atoms with van der Waals surface area (Å²) in [5.74, 6) is -1.66. The van der Waals surface area contributed by atoms with Crippen molar-refractivity contribution in [2.75, 3.05) is 30.6 Å². The molecule has 2 aliphatic rings. The lowest BCUT2D eigenvalue weighted by atomic mass is 9.79. The van der Waals surface area contributed by atoms with Crippen LogP contribution in [0, 0.1) is 5.41 Å². The number of amidine groups is 1. The van der Waals surface area contributed by atoms with E-state index in [-0.39, 0.29) is 28.5 Å². The molecule has 0 N–H and O–H groups in total. The van der Waals surface area contributed by atoms with E-state index < -0.39 is 45.7 Å². The standard InChI is InChI=1S/C35H33F6N3O4S/c1-6-7-20-43-26-10-8-9-11-27(26)49-33(43)28(21(2)29(45)47-4)44(25-18-14-23(15-19-25)35(39,40)41)30(32(33,3)31(46)48-5)42-24-16-12-22(13-17-24)34(36,37)38/h8-19H,6-7,20H2,1-5H3/b28-21+,42-30?/t32-,33+/m1/s1. The SMILES string of the molecule is CCCCN1c2ccccc2S[C@]12/C(=C(/C)C(=O)OC)N(c1ccc(C(F)(F)F)cc1)C(=Nc1ccc(C(F)(F)F)cc1)[C@]2(C)C(=O)OC. The van der Waals surface area contributed by atoms with Gasteiger partial charge in [0.15, 0.2) is 10.3 Å². The summed E-state index contributed by atoms with van der Waals surface area (Å²) in [6.07, 6.45) is -7.90. The van der Waals surface area contributed by atoms with Crippen molar-refractivity contribution in [3.8, 4) is 0 Å². The molecule has 0 aliphatic carbocycles. The summed E-state index contributed by atoms with van der Waals surface area (Å²) >= 11 is 1.25. The van der Waals surface area contributed by atoms with E-state index in [0.29, 0.717) is 13.0 Å². The van der Waals surface area contributed by atoms with Crippen molar-refractivity contribution in [2.45, 2.75) is 55.7 Å². The highest BCUT2D eigenvalue weighted by Crippen LogP contribution is 2.67. The highest BCUT2D eigenvalue weighted by Gasteiger charge is 2.73. The van der Waals surface area contributed by atoms with Crippen molar-refractivity contribution in [3.63, 3.8) is 0 Å². The fraction of sp³-hybridized carbons (Fsp3) is 0.343. The fourth-order valence-corrected chi connectivity index (χ4v) is 8.09. The van der Waals surface area contributed by atoms with E-state index in [0.717, 1.165) is 53.4 Å². The molecule has 3 aromatic rings. The molecule has 5 rings (SSSR count). The van der Waals surface area contributed by atoms with E-state index in [9.17, 15) is 35.9 Å². The number of alkyl halides is 6. The lowest BCUT2D eigenvalue weighted by Gasteiger charge is -2.45. The predicted octanol–water partition coefficient (Wildman–Crippen LogP) is 9.01. The lowest BCUT2D eigenvalue weighted by Crippen LogP contribution is -2.59. The normalized spacial score (nSPS) is 22.5. The van der Waals surface area contributed by atoms with Gasteiger partial charge in [0.1, 0.15) is 5.84 Å². The van der Waals surface area contributed by atoms with Gasteiger partial charge in [-0.2, -0.15) is 26.3 Å². The maximum atomic E-state index is 14.4. The summed E-state index contributed by atoms with van der Waals surface area (Å²) in [6, 6.07) is 15.4. The Bertz CT molecular complexity index is 1810. The molecule has 2 atom stereocenters. The molecule has 0 saturated carbocycles. The van der Waals surface area contributed by atoms with Gasteiger partial charge in [-0.15, -0.1) is 0 Å². The van der Waals surface area contributed by atoms with Gasteiger partial charge >= 0.3 is 24.3 Å². The van der Waals surface area contributed by atoms with Crippen molar-refractivity contribution in [3.05, 3.63) is 95.2 Å². The molecule has 0 radical (unpaired) electrons. The van der Waals surface area contributed by atoms with Gasteiger partial charge in [0.05, 0.1) is 48.0 Å². The summed E-state index contributed by atoms with van der Waals surface area (Å²) in [6.45, 7) is 5.41. The van der Waals surface area contributed by atoms with Crippen LogP contribution in [0.3, 0.4) is 0 Å². The molecule has 0 amide bonds. The average molecular weight is 706 g/mol. The largest absolute Gasteiger partial charge is 0.468 e. The van der Waals surface area contributed by atoms with Crippen LogP contribution in [0.4, 0.5) is 43.4 Å². The maximum Gasteiger partial charge on any atom is 0.416 e. The van der Waals surface area contributed by atoms with Crippen LogP contribution < -0.4 is 9.80 Å². The van der Waals surface area contributed by atoms with E-state index in [4.69, 9.17) is 14.5 Å². The van der Waals surface area contributed by atoms with Gasteiger partial charge in [0, 0.05) is 17.1 Å². The third-order valence-corrected chi connectivity index (χ3v) is 10.4. The van der Waals surface area contributed by atoms with Gasteiger partial charge < -0.3 is 14.4 Å². The summed E-state index contributed by atoms with van der Waals surface area (Å²) in [4.78, 5) is 35.3. The fourth-order valence-electron chi connectivity index (χ4n) is 6.33. The Kier molecular flexibility index (Phi) is 9.58. The van der Waals surface area contributed by atoms with Crippen molar-refractivity contribution >= 4 is 46.6 Å². The number of hydrogen-bond acceptors (Lipinski definition) is 7. The predicted molar refractivity (Wildman–Crippen MR) is 175 cm³/mol.